The van der Waals surface area contributed by atoms with Crippen LogP contribution in [0.4, 0.5) is 17.5 Å². The van der Waals surface area contributed by atoms with Gasteiger partial charge in [-0.05, 0) is 47.7 Å². The zero-order valence-electron chi connectivity index (χ0n) is 16.1. The second kappa shape index (κ2) is 9.03. The van der Waals surface area contributed by atoms with E-state index in [4.69, 9.17) is 4.74 Å². The average molecular weight is 362 g/mol. The summed E-state index contributed by atoms with van der Waals surface area (Å²) in [7, 11) is 1.67. The third-order valence-corrected chi connectivity index (χ3v) is 4.52. The van der Waals surface area contributed by atoms with Crippen LogP contribution in [0.25, 0.3) is 0 Å². The third kappa shape index (κ3) is 4.76. The number of rotatable bonds is 8. The molecule has 0 saturated heterocycles. The lowest BCUT2D eigenvalue weighted by Crippen LogP contribution is -2.06. The third-order valence-electron chi connectivity index (χ3n) is 4.52. The van der Waals surface area contributed by atoms with Gasteiger partial charge in [-0.15, -0.1) is 0 Å². The summed E-state index contributed by atoms with van der Waals surface area (Å²) in [6, 6.07) is 16.3. The summed E-state index contributed by atoms with van der Waals surface area (Å²) in [6.07, 6.45) is 3.72. The number of methoxy groups -OCH3 is 1. The van der Waals surface area contributed by atoms with E-state index in [2.05, 4.69) is 52.6 Å². The fourth-order valence-electron chi connectivity index (χ4n) is 2.97. The largest absolute Gasteiger partial charge is 0.497 e. The molecule has 3 rings (SSSR count). The molecule has 0 radical (unpaired) electrons. The monoisotopic (exact) mass is 362 g/mol. The van der Waals surface area contributed by atoms with Crippen LogP contribution in [-0.4, -0.2) is 17.1 Å². The van der Waals surface area contributed by atoms with Gasteiger partial charge in [0.15, 0.2) is 0 Å². The van der Waals surface area contributed by atoms with Crippen molar-refractivity contribution in [3.63, 3.8) is 0 Å². The quantitative estimate of drug-likeness (QED) is 0.593. The number of nitrogens with zero attached hydrogens (tertiary/aromatic N) is 2. The Hall–Kier alpha value is -3.08. The summed E-state index contributed by atoms with van der Waals surface area (Å²) in [4.78, 5) is 8.94. The second-order valence-electron chi connectivity index (χ2n) is 6.25. The highest BCUT2D eigenvalue weighted by Crippen LogP contribution is 2.26. The zero-order valence-corrected chi connectivity index (χ0v) is 16.1. The molecule has 0 bridgehead atoms. The topological polar surface area (TPSA) is 59.1 Å². The molecule has 27 heavy (non-hydrogen) atoms. The lowest BCUT2D eigenvalue weighted by molar-refractivity contribution is 0.414. The van der Waals surface area contributed by atoms with Crippen molar-refractivity contribution in [2.45, 2.75) is 33.2 Å². The first kappa shape index (κ1) is 18.7. The molecule has 0 unspecified atom stereocenters. The molecule has 1 aromatic heterocycles. The van der Waals surface area contributed by atoms with Crippen molar-refractivity contribution >= 4 is 17.5 Å². The molecule has 5 heteroatoms. The maximum Gasteiger partial charge on any atom is 0.224 e. The van der Waals surface area contributed by atoms with E-state index in [1.165, 1.54) is 11.1 Å². The molecular formula is C22H26N4O. The van der Waals surface area contributed by atoms with E-state index >= 15 is 0 Å². The van der Waals surface area contributed by atoms with Gasteiger partial charge in [-0.25, -0.2) is 4.98 Å². The van der Waals surface area contributed by atoms with Crippen LogP contribution in [0.1, 0.15) is 30.5 Å². The van der Waals surface area contributed by atoms with Crippen LogP contribution in [0.3, 0.4) is 0 Å². The molecule has 0 atom stereocenters. The normalized spacial score (nSPS) is 10.5. The lowest BCUT2D eigenvalue weighted by Gasteiger charge is -2.15. The number of para-hydroxylation sites is 1. The van der Waals surface area contributed by atoms with Gasteiger partial charge in [-0.2, -0.15) is 4.98 Å². The highest BCUT2D eigenvalue weighted by atomic mass is 16.5. The Morgan fingerprint density at radius 1 is 0.926 bits per heavy atom. The van der Waals surface area contributed by atoms with Crippen LogP contribution < -0.4 is 15.4 Å². The van der Waals surface area contributed by atoms with Gasteiger partial charge in [0.05, 0.1) is 7.11 Å². The summed E-state index contributed by atoms with van der Waals surface area (Å²) in [6.45, 7) is 4.99. The van der Waals surface area contributed by atoms with Crippen LogP contribution in [0, 0.1) is 0 Å². The summed E-state index contributed by atoms with van der Waals surface area (Å²) in [5.74, 6) is 2.24. The Morgan fingerprint density at radius 3 is 2.26 bits per heavy atom. The van der Waals surface area contributed by atoms with Gasteiger partial charge in [-0.3, -0.25) is 0 Å². The SMILES string of the molecule is CCc1cccc(CC)c1Nc1ccnc(NCc2ccc(OC)cc2)n1. The summed E-state index contributed by atoms with van der Waals surface area (Å²) in [5, 5.41) is 6.77. The van der Waals surface area contributed by atoms with Crippen molar-refractivity contribution in [1.82, 2.24) is 9.97 Å². The molecule has 2 N–H and O–H groups in total. The highest BCUT2D eigenvalue weighted by Gasteiger charge is 2.08. The van der Waals surface area contributed by atoms with Gasteiger partial charge in [-0.1, -0.05) is 44.2 Å². The van der Waals surface area contributed by atoms with Gasteiger partial charge in [0.1, 0.15) is 11.6 Å². The molecular weight excluding hydrogens is 336 g/mol. The number of aromatic nitrogens is 2. The first-order valence-electron chi connectivity index (χ1n) is 9.31. The Bertz CT molecular complexity index is 855. The molecule has 0 fully saturated rings. The average Bonchev–Trinajstić information content (AvgIpc) is 2.73. The molecule has 0 aliphatic carbocycles. The smallest absolute Gasteiger partial charge is 0.224 e. The minimum Gasteiger partial charge on any atom is -0.497 e. The summed E-state index contributed by atoms with van der Waals surface area (Å²) >= 11 is 0. The van der Waals surface area contributed by atoms with Gasteiger partial charge in [0.25, 0.3) is 0 Å². The van der Waals surface area contributed by atoms with Gasteiger partial charge in [0.2, 0.25) is 5.95 Å². The number of hydrogen-bond acceptors (Lipinski definition) is 5. The van der Waals surface area contributed by atoms with Gasteiger partial charge < -0.3 is 15.4 Å². The number of anilines is 3. The molecule has 5 nitrogen and oxygen atoms in total. The van der Waals surface area contributed by atoms with Crippen molar-refractivity contribution in [2.24, 2.45) is 0 Å². The standard InChI is InChI=1S/C22H26N4O/c1-4-17-7-6-8-18(5-2)21(17)25-20-13-14-23-22(26-20)24-15-16-9-11-19(27-3)12-10-16/h6-14H,4-5,15H2,1-3H3,(H2,23,24,25,26). The van der Waals surface area contributed by atoms with Crippen LogP contribution in [0.5, 0.6) is 5.75 Å². The highest BCUT2D eigenvalue weighted by molar-refractivity contribution is 5.65. The van der Waals surface area contributed by atoms with E-state index in [9.17, 15) is 0 Å². The Labute approximate surface area is 160 Å². The Morgan fingerprint density at radius 2 is 1.63 bits per heavy atom. The molecule has 140 valence electrons. The van der Waals surface area contributed by atoms with E-state index in [0.717, 1.165) is 35.7 Å². The fraction of sp³-hybridized carbons (Fsp3) is 0.273. The molecule has 1 heterocycles. The minimum atomic E-state index is 0.600. The number of ether oxygens (including phenoxy) is 1. The lowest BCUT2D eigenvalue weighted by atomic mass is 10.0. The molecule has 0 spiro atoms. The van der Waals surface area contributed by atoms with Crippen molar-refractivity contribution in [1.29, 1.82) is 0 Å². The maximum atomic E-state index is 5.19. The maximum absolute atomic E-state index is 5.19. The molecule has 0 aliphatic rings. The molecule has 0 saturated carbocycles. The van der Waals surface area contributed by atoms with Crippen molar-refractivity contribution in [3.05, 3.63) is 71.4 Å². The predicted molar refractivity (Wildman–Crippen MR) is 111 cm³/mol. The second-order valence-corrected chi connectivity index (χ2v) is 6.25. The Kier molecular flexibility index (Phi) is 6.26. The van der Waals surface area contributed by atoms with E-state index in [1.54, 1.807) is 13.3 Å². The van der Waals surface area contributed by atoms with E-state index < -0.39 is 0 Å². The Balaban J connectivity index is 1.72. The fourth-order valence-corrected chi connectivity index (χ4v) is 2.97. The molecule has 0 aliphatic heterocycles. The number of aryl methyl sites for hydroxylation is 2. The van der Waals surface area contributed by atoms with Crippen molar-refractivity contribution < 1.29 is 4.74 Å². The molecule has 0 amide bonds. The molecule has 3 aromatic rings. The van der Waals surface area contributed by atoms with E-state index in [0.29, 0.717) is 12.5 Å². The van der Waals surface area contributed by atoms with E-state index in [-0.39, 0.29) is 0 Å². The van der Waals surface area contributed by atoms with Crippen LogP contribution in [0.15, 0.2) is 54.7 Å². The van der Waals surface area contributed by atoms with Gasteiger partial charge >= 0.3 is 0 Å². The number of hydrogen-bond donors (Lipinski definition) is 2. The summed E-state index contributed by atoms with van der Waals surface area (Å²) < 4.78 is 5.19. The number of benzene rings is 2. The van der Waals surface area contributed by atoms with Crippen LogP contribution in [-0.2, 0) is 19.4 Å². The van der Waals surface area contributed by atoms with Crippen LogP contribution >= 0.6 is 0 Å². The van der Waals surface area contributed by atoms with Crippen molar-refractivity contribution in [3.8, 4) is 5.75 Å². The first-order chi connectivity index (χ1) is 13.2. The first-order valence-corrected chi connectivity index (χ1v) is 9.31. The predicted octanol–water partition coefficient (Wildman–Crippen LogP) is 4.97. The number of nitrogens with one attached hydrogen (secondary N) is 2. The minimum absolute atomic E-state index is 0.600. The van der Waals surface area contributed by atoms with Gasteiger partial charge in [0, 0.05) is 18.4 Å². The van der Waals surface area contributed by atoms with E-state index in [1.807, 2.05) is 30.3 Å². The zero-order chi connectivity index (χ0) is 19.1. The molecule has 2 aromatic carbocycles. The summed E-state index contributed by atoms with van der Waals surface area (Å²) in [5.41, 5.74) is 4.88. The van der Waals surface area contributed by atoms with Crippen molar-refractivity contribution in [2.75, 3.05) is 17.7 Å². The van der Waals surface area contributed by atoms with Crippen LogP contribution in [0.2, 0.25) is 0 Å².